The quantitative estimate of drug-likeness (QED) is 0.193. The average molecular weight is 604 g/mol. The molecule has 46 heavy (non-hydrogen) atoms. The number of rotatable bonds is 5. The van der Waals surface area contributed by atoms with Crippen molar-refractivity contribution in [3.05, 3.63) is 142 Å². The summed E-state index contributed by atoms with van der Waals surface area (Å²) in [7, 11) is 0. The van der Waals surface area contributed by atoms with Crippen molar-refractivity contribution in [2.45, 2.75) is 92.0 Å². The van der Waals surface area contributed by atoms with E-state index in [1.807, 2.05) is 0 Å². The third-order valence-corrected chi connectivity index (χ3v) is 12.6. The Morgan fingerprint density at radius 1 is 0.500 bits per heavy atom. The van der Waals surface area contributed by atoms with Crippen LogP contribution in [0.1, 0.15) is 94.3 Å². The largest absolute Gasteiger partial charge is 0.337 e. The first-order valence-electron chi connectivity index (χ1n) is 17.0. The fraction of sp³-hybridized carbons (Fsp3) is 0.333. The molecule has 0 unspecified atom stereocenters. The van der Waals surface area contributed by atoms with Gasteiger partial charge < -0.3 is 4.90 Å². The van der Waals surface area contributed by atoms with E-state index in [0.29, 0.717) is 0 Å². The molecule has 0 N–H and O–H groups in total. The molecular formula is C45H49N. The van der Waals surface area contributed by atoms with Crippen molar-refractivity contribution in [1.29, 1.82) is 0 Å². The van der Waals surface area contributed by atoms with Gasteiger partial charge in [0.1, 0.15) is 0 Å². The normalized spacial score (nSPS) is 17.7. The van der Waals surface area contributed by atoms with Gasteiger partial charge in [-0.2, -0.15) is 0 Å². The lowest BCUT2D eigenvalue weighted by Gasteiger charge is -2.44. The summed E-state index contributed by atoms with van der Waals surface area (Å²) >= 11 is 0. The first-order chi connectivity index (χ1) is 21.6. The molecule has 0 aromatic heterocycles. The number of nitrogens with zero attached hydrogens (tertiary/aromatic N) is 1. The molecule has 1 nitrogen and oxygen atoms in total. The zero-order valence-electron chi connectivity index (χ0n) is 29.5. The van der Waals surface area contributed by atoms with Gasteiger partial charge in [0.25, 0.3) is 0 Å². The Hall–Kier alpha value is -4.10. The highest BCUT2D eigenvalue weighted by Gasteiger charge is 2.56. The van der Waals surface area contributed by atoms with Gasteiger partial charge in [-0.25, -0.2) is 0 Å². The molecule has 2 aliphatic carbocycles. The van der Waals surface area contributed by atoms with Crippen LogP contribution in [0.5, 0.6) is 0 Å². The second kappa shape index (κ2) is 10.2. The molecule has 5 aromatic rings. The molecule has 0 heterocycles. The van der Waals surface area contributed by atoms with Crippen LogP contribution in [0.3, 0.4) is 0 Å². The molecule has 0 bridgehead atoms. The number of fused-ring (bicyclic) bond motifs is 4. The fourth-order valence-electron chi connectivity index (χ4n) is 8.37. The molecule has 0 fully saturated rings. The van der Waals surface area contributed by atoms with Gasteiger partial charge in [0.15, 0.2) is 0 Å². The van der Waals surface area contributed by atoms with Crippen LogP contribution in [0.2, 0.25) is 0 Å². The Morgan fingerprint density at radius 3 is 1.61 bits per heavy atom. The summed E-state index contributed by atoms with van der Waals surface area (Å²) in [6.07, 6.45) is 0. The molecular weight excluding hydrogens is 555 g/mol. The highest BCUT2D eigenvalue weighted by molar-refractivity contribution is 5.86. The van der Waals surface area contributed by atoms with Crippen LogP contribution in [0, 0.1) is 19.3 Å². The Morgan fingerprint density at radius 2 is 1.02 bits per heavy atom. The highest BCUT2D eigenvalue weighted by Crippen LogP contribution is 2.62. The second-order valence-corrected chi connectivity index (χ2v) is 16.1. The van der Waals surface area contributed by atoms with Crippen molar-refractivity contribution in [2.24, 2.45) is 5.41 Å². The monoisotopic (exact) mass is 603 g/mol. The summed E-state index contributed by atoms with van der Waals surface area (Å²) in [5, 5.41) is 0. The number of benzene rings is 5. The van der Waals surface area contributed by atoms with E-state index in [1.54, 1.807) is 0 Å². The average Bonchev–Trinajstić information content (AvgIpc) is 3.32. The fourth-order valence-corrected chi connectivity index (χ4v) is 8.37. The minimum atomic E-state index is -0.0881. The van der Waals surface area contributed by atoms with E-state index in [0.717, 1.165) is 6.54 Å². The zero-order chi connectivity index (χ0) is 32.8. The summed E-state index contributed by atoms with van der Waals surface area (Å²) in [5.41, 5.74) is 17.9. The summed E-state index contributed by atoms with van der Waals surface area (Å²) in [5.74, 6) is 0. The standard InChI is InChI=1S/C45H49N/c1-29-14-20-34(21-15-29)46(35-22-16-30(2)17-23-35)28-33-12-11-13-38-41(33)36-24-18-31(26-39(36)42(38,3)4)32-19-25-37-40(27-32)44(7,8)45(9,10)43(37,5)6/h11-27H,28H2,1-10H3. The van der Waals surface area contributed by atoms with Crippen LogP contribution in [0.4, 0.5) is 11.4 Å². The van der Waals surface area contributed by atoms with Crippen molar-refractivity contribution in [2.75, 3.05) is 4.90 Å². The minimum absolute atomic E-state index is 0.0871. The van der Waals surface area contributed by atoms with Crippen molar-refractivity contribution in [3.8, 4) is 22.3 Å². The first-order valence-corrected chi connectivity index (χ1v) is 17.0. The lowest BCUT2D eigenvalue weighted by atomic mass is 9.59. The predicted octanol–water partition coefficient (Wildman–Crippen LogP) is 12.2. The van der Waals surface area contributed by atoms with Gasteiger partial charge in [-0.1, -0.05) is 139 Å². The smallest absolute Gasteiger partial charge is 0.0488 e. The maximum absolute atomic E-state index is 2.50. The van der Waals surface area contributed by atoms with Crippen LogP contribution in [0.25, 0.3) is 22.3 Å². The third kappa shape index (κ3) is 4.34. The second-order valence-electron chi connectivity index (χ2n) is 16.1. The van der Waals surface area contributed by atoms with Crippen LogP contribution in [-0.4, -0.2) is 0 Å². The van der Waals surface area contributed by atoms with E-state index in [4.69, 9.17) is 0 Å². The molecule has 0 spiro atoms. The van der Waals surface area contributed by atoms with Crippen molar-refractivity contribution < 1.29 is 0 Å². The van der Waals surface area contributed by atoms with Crippen LogP contribution in [-0.2, 0) is 22.8 Å². The Balaban J connectivity index is 1.32. The van der Waals surface area contributed by atoms with E-state index in [1.165, 1.54) is 72.6 Å². The summed E-state index contributed by atoms with van der Waals surface area (Å²) in [4.78, 5) is 2.46. The Bertz CT molecular complexity index is 1920. The van der Waals surface area contributed by atoms with Gasteiger partial charge >= 0.3 is 0 Å². The van der Waals surface area contributed by atoms with Crippen LogP contribution >= 0.6 is 0 Å². The molecule has 5 aromatic carbocycles. The first kappa shape index (κ1) is 30.5. The minimum Gasteiger partial charge on any atom is -0.337 e. The van der Waals surface area contributed by atoms with Crippen molar-refractivity contribution >= 4 is 11.4 Å². The van der Waals surface area contributed by atoms with Gasteiger partial charge in [0, 0.05) is 23.3 Å². The topological polar surface area (TPSA) is 3.24 Å². The van der Waals surface area contributed by atoms with E-state index < -0.39 is 0 Å². The number of anilines is 2. The van der Waals surface area contributed by atoms with Crippen molar-refractivity contribution in [1.82, 2.24) is 0 Å². The molecule has 7 rings (SSSR count). The molecule has 2 aliphatic rings. The number of aryl methyl sites for hydroxylation is 2. The molecule has 234 valence electrons. The molecule has 0 atom stereocenters. The van der Waals surface area contributed by atoms with Crippen LogP contribution in [0.15, 0.2) is 103 Å². The lowest BCUT2D eigenvalue weighted by molar-refractivity contribution is 0.125. The molecule has 0 radical (unpaired) electrons. The Labute approximate surface area is 277 Å². The molecule has 0 saturated carbocycles. The predicted molar refractivity (Wildman–Crippen MR) is 197 cm³/mol. The van der Waals surface area contributed by atoms with E-state index >= 15 is 0 Å². The highest BCUT2D eigenvalue weighted by atomic mass is 15.1. The molecule has 0 amide bonds. The Kier molecular flexibility index (Phi) is 6.77. The van der Waals surface area contributed by atoms with E-state index in [9.17, 15) is 0 Å². The molecule has 0 saturated heterocycles. The summed E-state index contributed by atoms with van der Waals surface area (Å²) < 4.78 is 0. The molecule has 1 heteroatoms. The molecule has 0 aliphatic heterocycles. The number of hydrogen-bond donors (Lipinski definition) is 0. The lowest BCUT2D eigenvalue weighted by Crippen LogP contribution is -2.42. The third-order valence-electron chi connectivity index (χ3n) is 12.6. The maximum atomic E-state index is 2.50. The number of hydrogen-bond acceptors (Lipinski definition) is 1. The van der Waals surface area contributed by atoms with Gasteiger partial charge in [0.2, 0.25) is 0 Å². The van der Waals surface area contributed by atoms with Gasteiger partial charge in [-0.05, 0) is 110 Å². The zero-order valence-corrected chi connectivity index (χ0v) is 29.5. The van der Waals surface area contributed by atoms with Gasteiger partial charge in [0.05, 0.1) is 0 Å². The maximum Gasteiger partial charge on any atom is 0.0488 e. The van der Waals surface area contributed by atoms with Gasteiger partial charge in [-0.3, -0.25) is 0 Å². The van der Waals surface area contributed by atoms with Gasteiger partial charge in [-0.15, -0.1) is 0 Å². The van der Waals surface area contributed by atoms with E-state index in [-0.39, 0.29) is 21.7 Å². The SMILES string of the molecule is Cc1ccc(N(Cc2cccc3c2-c2ccc(-c4ccc5c(c4)C(C)(C)C(C)(C)C5(C)C)cc2C3(C)C)c2ccc(C)cc2)cc1. The van der Waals surface area contributed by atoms with Crippen LogP contribution < -0.4 is 4.90 Å². The van der Waals surface area contributed by atoms with Crippen molar-refractivity contribution in [3.63, 3.8) is 0 Å². The van der Waals surface area contributed by atoms with E-state index in [2.05, 4.69) is 177 Å². The summed E-state index contributed by atoms with van der Waals surface area (Å²) in [6.45, 7) is 24.5. The summed E-state index contributed by atoms with van der Waals surface area (Å²) in [6, 6.07) is 39.3.